The van der Waals surface area contributed by atoms with E-state index in [1.54, 1.807) is 0 Å². The molecule has 1 rings (SSSR count). The van der Waals surface area contributed by atoms with Gasteiger partial charge in [0.05, 0.1) is 12.6 Å². The molecule has 0 aromatic heterocycles. The monoisotopic (exact) mass is 482 g/mol. The van der Waals surface area contributed by atoms with Gasteiger partial charge in [0.25, 0.3) is 0 Å². The van der Waals surface area contributed by atoms with E-state index in [1.165, 1.54) is 6.42 Å². The molecular weight excluding hydrogens is 439 g/mol. The summed E-state index contributed by atoms with van der Waals surface area (Å²) in [5, 5.41) is 6.95. The quantitative estimate of drug-likeness (QED) is 0.315. The Labute approximate surface area is 179 Å². The number of ether oxygens (including phenoxy) is 1. The van der Waals surface area contributed by atoms with Crippen molar-refractivity contribution in [1.82, 2.24) is 15.5 Å². The number of nitrogens with one attached hydrogen (secondary N) is 2. The number of hydrogen-bond donors (Lipinski definition) is 2. The van der Waals surface area contributed by atoms with Crippen LogP contribution in [0.3, 0.4) is 0 Å². The van der Waals surface area contributed by atoms with E-state index in [2.05, 4.69) is 64.0 Å². The van der Waals surface area contributed by atoms with Gasteiger partial charge in [0.2, 0.25) is 0 Å². The number of guanidine groups is 1. The summed E-state index contributed by atoms with van der Waals surface area (Å²) in [5.41, 5.74) is 0.180. The lowest BCUT2D eigenvalue weighted by atomic mass is 9.78. The molecule has 3 unspecified atom stereocenters. The molecule has 1 saturated heterocycles. The van der Waals surface area contributed by atoms with E-state index in [9.17, 15) is 0 Å². The first-order valence-corrected chi connectivity index (χ1v) is 10.2. The minimum atomic E-state index is 0. The van der Waals surface area contributed by atoms with Gasteiger partial charge in [-0.25, -0.2) is 0 Å². The first-order chi connectivity index (χ1) is 11.8. The minimum absolute atomic E-state index is 0. The summed E-state index contributed by atoms with van der Waals surface area (Å²) in [5.74, 6) is 1.47. The minimum Gasteiger partial charge on any atom is -0.377 e. The summed E-state index contributed by atoms with van der Waals surface area (Å²) >= 11 is 0. The van der Waals surface area contributed by atoms with E-state index < -0.39 is 0 Å². The summed E-state index contributed by atoms with van der Waals surface area (Å²) in [6.07, 6.45) is 2.70. The molecule has 1 aliphatic heterocycles. The number of nitrogens with zero attached hydrogens (tertiary/aromatic N) is 2. The maximum Gasteiger partial charge on any atom is 0.191 e. The van der Waals surface area contributed by atoms with Crippen molar-refractivity contribution < 1.29 is 4.74 Å². The van der Waals surface area contributed by atoms with Crippen molar-refractivity contribution in [2.24, 2.45) is 16.3 Å². The first-order valence-electron chi connectivity index (χ1n) is 10.2. The summed E-state index contributed by atoms with van der Waals surface area (Å²) in [6.45, 7) is 21.3. The molecular formula is C20H43IN4O. The van der Waals surface area contributed by atoms with Crippen LogP contribution >= 0.6 is 24.0 Å². The van der Waals surface area contributed by atoms with Crippen molar-refractivity contribution in [3.8, 4) is 0 Å². The second-order valence-electron chi connectivity index (χ2n) is 8.23. The van der Waals surface area contributed by atoms with Gasteiger partial charge in [0.1, 0.15) is 0 Å². The largest absolute Gasteiger partial charge is 0.377 e. The SMILES string of the molecule is CCNC(=NCC(C)N(CC)CC)NCC1CCCOC1C(C)(C)C.I. The molecule has 26 heavy (non-hydrogen) atoms. The van der Waals surface area contributed by atoms with Gasteiger partial charge in [-0.05, 0) is 45.2 Å². The van der Waals surface area contributed by atoms with Gasteiger partial charge in [0.15, 0.2) is 5.96 Å². The highest BCUT2D eigenvalue weighted by Crippen LogP contribution is 2.33. The Morgan fingerprint density at radius 2 is 1.85 bits per heavy atom. The Morgan fingerprint density at radius 3 is 2.38 bits per heavy atom. The Hall–Kier alpha value is -0.0800. The molecule has 0 spiro atoms. The molecule has 5 nitrogen and oxygen atoms in total. The zero-order valence-electron chi connectivity index (χ0n) is 18.1. The molecule has 0 aromatic rings. The second-order valence-corrected chi connectivity index (χ2v) is 8.23. The summed E-state index contributed by atoms with van der Waals surface area (Å²) in [4.78, 5) is 7.26. The van der Waals surface area contributed by atoms with Crippen molar-refractivity contribution in [3.05, 3.63) is 0 Å². The highest BCUT2D eigenvalue weighted by Gasteiger charge is 2.35. The van der Waals surface area contributed by atoms with E-state index in [1.807, 2.05) is 0 Å². The van der Waals surface area contributed by atoms with Crippen LogP contribution < -0.4 is 10.6 Å². The Balaban J connectivity index is 0.00000625. The van der Waals surface area contributed by atoms with Crippen LogP contribution in [0.25, 0.3) is 0 Å². The van der Waals surface area contributed by atoms with Crippen LogP contribution in [0, 0.1) is 11.3 Å². The van der Waals surface area contributed by atoms with Crippen LogP contribution in [0.2, 0.25) is 0 Å². The number of aliphatic imine (C=N–C) groups is 1. The van der Waals surface area contributed by atoms with Gasteiger partial charge < -0.3 is 15.4 Å². The number of halogens is 1. The third-order valence-electron chi connectivity index (χ3n) is 5.12. The fraction of sp³-hybridized carbons (Fsp3) is 0.950. The van der Waals surface area contributed by atoms with Crippen molar-refractivity contribution in [2.75, 3.05) is 39.3 Å². The molecule has 6 heteroatoms. The Kier molecular flexibility index (Phi) is 13.1. The molecule has 1 aliphatic rings. The topological polar surface area (TPSA) is 48.9 Å². The number of rotatable bonds is 8. The van der Waals surface area contributed by atoms with E-state index in [-0.39, 0.29) is 29.4 Å². The highest BCUT2D eigenvalue weighted by molar-refractivity contribution is 14.0. The highest BCUT2D eigenvalue weighted by atomic mass is 127. The molecule has 1 fully saturated rings. The molecule has 0 aromatic carbocycles. The third-order valence-corrected chi connectivity index (χ3v) is 5.12. The molecule has 0 radical (unpaired) electrons. The standard InChI is InChI=1S/C20H42N4O.HI/c1-8-21-19(22-14-16(4)24(9-2)10-3)23-15-17-12-11-13-25-18(17)20(5,6)7;/h16-18H,8-15H2,1-7H3,(H2,21,22,23);1H. The van der Waals surface area contributed by atoms with Gasteiger partial charge in [-0.1, -0.05) is 34.6 Å². The fourth-order valence-electron chi connectivity index (χ4n) is 3.76. The van der Waals surface area contributed by atoms with E-state index in [4.69, 9.17) is 9.73 Å². The van der Waals surface area contributed by atoms with Crippen LogP contribution in [0.5, 0.6) is 0 Å². The smallest absolute Gasteiger partial charge is 0.191 e. The Morgan fingerprint density at radius 1 is 1.19 bits per heavy atom. The van der Waals surface area contributed by atoms with Gasteiger partial charge in [-0.15, -0.1) is 24.0 Å². The van der Waals surface area contributed by atoms with Crippen molar-refractivity contribution in [2.45, 2.75) is 73.5 Å². The lowest BCUT2D eigenvalue weighted by Crippen LogP contribution is -2.47. The van der Waals surface area contributed by atoms with Crippen LogP contribution in [-0.4, -0.2) is 62.3 Å². The molecule has 156 valence electrons. The molecule has 1 heterocycles. The maximum atomic E-state index is 6.10. The third kappa shape index (κ3) is 8.74. The predicted octanol–water partition coefficient (Wildman–Crippen LogP) is 3.73. The average molecular weight is 482 g/mol. The van der Waals surface area contributed by atoms with Gasteiger partial charge in [-0.3, -0.25) is 9.89 Å². The lowest BCUT2D eigenvalue weighted by molar-refractivity contribution is -0.0835. The predicted molar refractivity (Wildman–Crippen MR) is 124 cm³/mol. The lowest BCUT2D eigenvalue weighted by Gasteiger charge is -2.40. The Bertz CT molecular complexity index is 394. The number of likely N-dealkylation sites (N-methyl/N-ethyl adjacent to an activating group) is 1. The van der Waals surface area contributed by atoms with Crippen molar-refractivity contribution in [1.29, 1.82) is 0 Å². The van der Waals surface area contributed by atoms with Gasteiger partial charge >= 0.3 is 0 Å². The second kappa shape index (κ2) is 13.2. The fourth-order valence-corrected chi connectivity index (χ4v) is 3.76. The molecule has 0 bridgehead atoms. The van der Waals surface area contributed by atoms with Gasteiger partial charge in [-0.2, -0.15) is 0 Å². The van der Waals surface area contributed by atoms with Crippen LogP contribution in [-0.2, 0) is 4.74 Å². The first kappa shape index (κ1) is 25.9. The molecule has 2 N–H and O–H groups in total. The molecule has 0 amide bonds. The zero-order chi connectivity index (χ0) is 18.9. The summed E-state index contributed by atoms with van der Waals surface area (Å²) < 4.78 is 6.10. The summed E-state index contributed by atoms with van der Waals surface area (Å²) in [7, 11) is 0. The van der Waals surface area contributed by atoms with E-state index in [0.29, 0.717) is 18.1 Å². The van der Waals surface area contributed by atoms with Crippen molar-refractivity contribution in [3.63, 3.8) is 0 Å². The molecule has 0 saturated carbocycles. The zero-order valence-corrected chi connectivity index (χ0v) is 20.4. The van der Waals surface area contributed by atoms with E-state index in [0.717, 1.165) is 51.7 Å². The van der Waals surface area contributed by atoms with E-state index >= 15 is 0 Å². The molecule has 0 aliphatic carbocycles. The van der Waals surface area contributed by atoms with Crippen LogP contribution in [0.1, 0.15) is 61.3 Å². The van der Waals surface area contributed by atoms with Gasteiger partial charge in [0, 0.05) is 31.7 Å². The number of hydrogen-bond acceptors (Lipinski definition) is 3. The summed E-state index contributed by atoms with van der Waals surface area (Å²) in [6, 6.07) is 0.464. The normalized spacial score (nSPS) is 22.7. The molecule has 3 atom stereocenters. The average Bonchev–Trinajstić information content (AvgIpc) is 2.58. The van der Waals surface area contributed by atoms with Crippen LogP contribution in [0.15, 0.2) is 4.99 Å². The maximum absolute atomic E-state index is 6.10. The van der Waals surface area contributed by atoms with Crippen molar-refractivity contribution >= 4 is 29.9 Å². The van der Waals surface area contributed by atoms with Crippen LogP contribution in [0.4, 0.5) is 0 Å².